The van der Waals surface area contributed by atoms with Gasteiger partial charge in [0.2, 0.25) is 11.8 Å². The van der Waals surface area contributed by atoms with E-state index in [-0.39, 0.29) is 30.4 Å². The molecular weight excluding hydrogens is 504 g/mol. The molecule has 0 aromatic heterocycles. The zero-order valence-electron chi connectivity index (χ0n) is 22.5. The molecule has 0 spiro atoms. The Morgan fingerprint density at radius 2 is 1.40 bits per heavy atom. The molecule has 5 aromatic carbocycles. The number of aryl methyl sites for hydroxylation is 1. The zero-order valence-corrected chi connectivity index (χ0v) is 22.5. The Bertz CT molecular complexity index is 1680. The topological polar surface area (TPSA) is 116 Å². The first-order valence-corrected chi connectivity index (χ1v) is 13.5. The van der Waals surface area contributed by atoms with Gasteiger partial charge in [0.1, 0.15) is 17.8 Å². The van der Waals surface area contributed by atoms with Crippen LogP contribution < -0.4 is 10.6 Å². The maximum absolute atomic E-state index is 13.2. The molecule has 2 amide bonds. The molecule has 2 atom stereocenters. The van der Waals surface area contributed by atoms with E-state index in [2.05, 4.69) is 65.2 Å². The van der Waals surface area contributed by atoms with Crippen molar-refractivity contribution in [3.63, 3.8) is 0 Å². The number of carboxylic acid groups (broad SMARTS) is 1. The van der Waals surface area contributed by atoms with Gasteiger partial charge >= 0.3 is 5.97 Å². The molecule has 0 radical (unpaired) electrons. The summed E-state index contributed by atoms with van der Waals surface area (Å²) < 4.78 is 0. The number of carbonyl (C=O) groups is 3. The summed E-state index contributed by atoms with van der Waals surface area (Å²) in [5, 5.41) is 31.6. The highest BCUT2D eigenvalue weighted by atomic mass is 16.4. The molecule has 0 aliphatic heterocycles. The van der Waals surface area contributed by atoms with Crippen molar-refractivity contribution in [2.24, 2.45) is 5.92 Å². The molecule has 0 aliphatic rings. The molecule has 0 saturated heterocycles. The van der Waals surface area contributed by atoms with E-state index in [1.807, 2.05) is 0 Å². The van der Waals surface area contributed by atoms with E-state index in [0.717, 1.165) is 21.9 Å². The maximum Gasteiger partial charge on any atom is 0.326 e. The van der Waals surface area contributed by atoms with Crippen molar-refractivity contribution in [2.75, 3.05) is 0 Å². The second-order valence-electron chi connectivity index (χ2n) is 10.6. The first-order valence-electron chi connectivity index (χ1n) is 13.5. The van der Waals surface area contributed by atoms with Crippen LogP contribution in [0.4, 0.5) is 0 Å². The van der Waals surface area contributed by atoms with Crippen LogP contribution in [0.15, 0.2) is 78.9 Å². The molecule has 5 rings (SSSR count). The van der Waals surface area contributed by atoms with Crippen molar-refractivity contribution in [3.8, 4) is 5.75 Å². The summed E-state index contributed by atoms with van der Waals surface area (Å²) in [6, 6.07) is 23.2. The van der Waals surface area contributed by atoms with Crippen LogP contribution in [-0.4, -0.2) is 40.1 Å². The lowest BCUT2D eigenvalue weighted by Gasteiger charge is -2.23. The van der Waals surface area contributed by atoms with Crippen molar-refractivity contribution in [2.45, 2.75) is 45.2 Å². The van der Waals surface area contributed by atoms with Gasteiger partial charge in [0.25, 0.3) is 0 Å². The molecule has 7 heteroatoms. The van der Waals surface area contributed by atoms with Crippen LogP contribution in [0.2, 0.25) is 0 Å². The van der Waals surface area contributed by atoms with Crippen LogP contribution in [-0.2, 0) is 27.2 Å². The highest BCUT2D eigenvalue weighted by molar-refractivity contribution is 6.23. The molecule has 0 bridgehead atoms. The lowest BCUT2D eigenvalue weighted by molar-refractivity contribution is -0.143. The Morgan fingerprint density at radius 3 is 2.05 bits per heavy atom. The smallest absolute Gasteiger partial charge is 0.326 e. The number of hydrogen-bond donors (Lipinski definition) is 4. The number of aromatic hydroxyl groups is 1. The van der Waals surface area contributed by atoms with Crippen molar-refractivity contribution in [1.29, 1.82) is 0 Å². The normalized spacial score (nSPS) is 13.1. The summed E-state index contributed by atoms with van der Waals surface area (Å²) in [6.45, 7) is 3.42. The van der Waals surface area contributed by atoms with Gasteiger partial charge in [-0.05, 0) is 67.9 Å². The molecular formula is C33H32N2O5. The fraction of sp³-hybridized carbons (Fsp3) is 0.242. The number of carbonyl (C=O) groups excluding carboxylic acids is 2. The Hall–Kier alpha value is -4.65. The van der Waals surface area contributed by atoms with E-state index in [0.29, 0.717) is 6.42 Å². The van der Waals surface area contributed by atoms with Gasteiger partial charge in [-0.1, -0.05) is 80.6 Å². The fourth-order valence-electron chi connectivity index (χ4n) is 5.37. The SMILES string of the molecule is CC(C)[C@H](NC(=O)[C@H](Cc1ccc(O)cc1)NC(=O)CCc1ccc2ccc3cccc4ccc1c2c34)C(=O)O. The number of phenolic OH excluding ortho intramolecular Hbond substituents is 1. The standard InChI is InChI=1S/C33H32N2O5/c1-19(2)31(33(39)40)35-32(38)27(18-20-6-14-25(36)15-7-20)34-28(37)17-13-21-8-9-24-11-10-22-4-3-5-23-12-16-26(21)30(24)29(22)23/h3-12,14-16,19,27,31,36H,13,17-18H2,1-2H3,(H,34,37)(H,35,38)(H,39,40)/t27-,31-/m0/s1. The van der Waals surface area contributed by atoms with Gasteiger partial charge in [-0.25, -0.2) is 4.79 Å². The van der Waals surface area contributed by atoms with E-state index in [1.165, 1.54) is 33.7 Å². The van der Waals surface area contributed by atoms with Gasteiger partial charge in [-0.3, -0.25) is 9.59 Å². The van der Waals surface area contributed by atoms with E-state index in [4.69, 9.17) is 0 Å². The van der Waals surface area contributed by atoms with E-state index in [1.54, 1.807) is 26.0 Å². The molecule has 0 saturated carbocycles. The molecule has 0 unspecified atom stereocenters. The van der Waals surface area contributed by atoms with Crippen molar-refractivity contribution in [3.05, 3.63) is 90.0 Å². The van der Waals surface area contributed by atoms with Crippen LogP contribution in [0, 0.1) is 5.92 Å². The van der Waals surface area contributed by atoms with Gasteiger partial charge in [-0.15, -0.1) is 0 Å². The third kappa shape index (κ3) is 5.54. The molecule has 0 fully saturated rings. The molecule has 0 aliphatic carbocycles. The van der Waals surface area contributed by atoms with Crippen LogP contribution in [0.25, 0.3) is 32.3 Å². The van der Waals surface area contributed by atoms with E-state index in [9.17, 15) is 24.6 Å². The number of carboxylic acids is 1. The number of amides is 2. The fourth-order valence-corrected chi connectivity index (χ4v) is 5.37. The van der Waals surface area contributed by atoms with Gasteiger partial charge in [-0.2, -0.15) is 0 Å². The minimum atomic E-state index is -1.13. The second kappa shape index (κ2) is 11.2. The van der Waals surface area contributed by atoms with Crippen LogP contribution in [0.5, 0.6) is 5.75 Å². The average molecular weight is 537 g/mol. The van der Waals surface area contributed by atoms with Crippen LogP contribution in [0.3, 0.4) is 0 Å². The molecule has 7 nitrogen and oxygen atoms in total. The number of benzene rings is 5. The first kappa shape index (κ1) is 26.9. The van der Waals surface area contributed by atoms with Gasteiger partial charge in [0.15, 0.2) is 0 Å². The number of aliphatic carboxylic acids is 1. The highest BCUT2D eigenvalue weighted by Crippen LogP contribution is 2.36. The minimum Gasteiger partial charge on any atom is -0.508 e. The zero-order chi connectivity index (χ0) is 28.4. The van der Waals surface area contributed by atoms with E-state index < -0.39 is 24.0 Å². The van der Waals surface area contributed by atoms with E-state index >= 15 is 0 Å². The lowest BCUT2D eigenvalue weighted by Crippen LogP contribution is -2.53. The monoisotopic (exact) mass is 536 g/mol. The minimum absolute atomic E-state index is 0.0906. The van der Waals surface area contributed by atoms with Crippen LogP contribution >= 0.6 is 0 Å². The predicted octanol–water partition coefficient (Wildman–Crippen LogP) is 5.18. The summed E-state index contributed by atoms with van der Waals surface area (Å²) in [7, 11) is 0. The number of nitrogens with one attached hydrogen (secondary N) is 2. The molecule has 4 N–H and O–H groups in total. The summed E-state index contributed by atoms with van der Waals surface area (Å²) >= 11 is 0. The lowest BCUT2D eigenvalue weighted by atomic mass is 9.91. The number of hydrogen-bond acceptors (Lipinski definition) is 4. The first-order chi connectivity index (χ1) is 19.2. The average Bonchev–Trinajstić information content (AvgIpc) is 2.94. The van der Waals surface area contributed by atoms with Crippen molar-refractivity contribution in [1.82, 2.24) is 10.6 Å². The molecule has 0 heterocycles. The second-order valence-corrected chi connectivity index (χ2v) is 10.6. The maximum atomic E-state index is 13.2. The van der Waals surface area contributed by atoms with Crippen LogP contribution in [0.1, 0.15) is 31.4 Å². The van der Waals surface area contributed by atoms with Gasteiger partial charge < -0.3 is 20.8 Å². The number of phenols is 1. The Morgan fingerprint density at radius 1 is 0.775 bits per heavy atom. The largest absolute Gasteiger partial charge is 0.508 e. The quantitative estimate of drug-likeness (QED) is 0.184. The summed E-state index contributed by atoms with van der Waals surface area (Å²) in [4.78, 5) is 38.0. The molecule has 5 aromatic rings. The Balaban J connectivity index is 1.35. The summed E-state index contributed by atoms with van der Waals surface area (Å²) in [6.07, 6.45) is 0.800. The summed E-state index contributed by atoms with van der Waals surface area (Å²) in [5.41, 5.74) is 1.77. The van der Waals surface area contributed by atoms with Crippen molar-refractivity contribution < 1.29 is 24.6 Å². The third-order valence-corrected chi connectivity index (χ3v) is 7.50. The summed E-state index contributed by atoms with van der Waals surface area (Å²) in [5.74, 6) is -2.24. The Kier molecular flexibility index (Phi) is 7.56. The highest BCUT2D eigenvalue weighted by Gasteiger charge is 2.28. The molecule has 204 valence electrons. The third-order valence-electron chi connectivity index (χ3n) is 7.50. The van der Waals surface area contributed by atoms with Crippen molar-refractivity contribution >= 4 is 50.1 Å². The Labute approximate surface area is 232 Å². The molecule has 40 heavy (non-hydrogen) atoms. The number of rotatable bonds is 10. The predicted molar refractivity (Wildman–Crippen MR) is 157 cm³/mol. The van der Waals surface area contributed by atoms with Gasteiger partial charge in [0, 0.05) is 12.8 Å². The van der Waals surface area contributed by atoms with Gasteiger partial charge in [0.05, 0.1) is 0 Å².